The van der Waals surface area contributed by atoms with Crippen LogP contribution in [0.1, 0.15) is 16.7 Å². The Morgan fingerprint density at radius 1 is 1.00 bits per heavy atom. The van der Waals surface area contributed by atoms with Gasteiger partial charge in [-0.15, -0.1) is 0 Å². The fourth-order valence-corrected chi connectivity index (χ4v) is 3.58. The summed E-state index contributed by atoms with van der Waals surface area (Å²) < 4.78 is 12.0. The van der Waals surface area contributed by atoms with Gasteiger partial charge in [0.1, 0.15) is 12.4 Å². The number of carbonyl (C=O) groups is 1. The van der Waals surface area contributed by atoms with Gasteiger partial charge in [0.25, 0.3) is 0 Å². The molecule has 3 aromatic carbocycles. The van der Waals surface area contributed by atoms with Gasteiger partial charge < -0.3 is 9.47 Å². The molecule has 0 fully saturated rings. The second-order valence-corrected chi connectivity index (χ2v) is 8.09. The summed E-state index contributed by atoms with van der Waals surface area (Å²) in [6, 6.07) is 20.1. The van der Waals surface area contributed by atoms with Gasteiger partial charge in [-0.25, -0.2) is 9.79 Å². The highest BCUT2D eigenvalue weighted by Crippen LogP contribution is 2.26. The Hall–Kier alpha value is -2.60. The average Bonchev–Trinajstić information content (AvgIpc) is 3.09. The number of cyclic esters (lactones) is 1. The minimum absolute atomic E-state index is 0.224. The Morgan fingerprint density at radius 2 is 1.83 bits per heavy atom. The second-order valence-electron chi connectivity index (χ2n) is 6.43. The maximum absolute atomic E-state index is 12.3. The summed E-state index contributed by atoms with van der Waals surface area (Å²) in [6.45, 7) is 0.337. The van der Waals surface area contributed by atoms with Gasteiger partial charge in [0.15, 0.2) is 5.70 Å². The van der Waals surface area contributed by atoms with E-state index in [1.807, 2.05) is 54.6 Å². The molecule has 0 unspecified atom stereocenters. The number of ether oxygens (including phenoxy) is 2. The summed E-state index contributed by atoms with van der Waals surface area (Å²) in [5.41, 5.74) is 2.61. The third-order valence-corrected chi connectivity index (χ3v) is 5.71. The fourth-order valence-electron chi connectivity index (χ4n) is 2.81. The SMILES string of the molecule is O=C1OC(c2ccccc2Br)=N/C1=C\c1cccc(OCc2ccc(Cl)c(Cl)c2)c1. The molecule has 1 aliphatic rings. The molecule has 150 valence electrons. The number of rotatable bonds is 5. The molecule has 3 aromatic rings. The van der Waals surface area contributed by atoms with Crippen molar-refractivity contribution < 1.29 is 14.3 Å². The van der Waals surface area contributed by atoms with Gasteiger partial charge in [-0.05, 0) is 69.5 Å². The molecule has 0 saturated heterocycles. The number of hydrogen-bond acceptors (Lipinski definition) is 4. The standard InChI is InChI=1S/C23H14BrCl2NO3/c24-18-7-2-1-6-17(18)22-27-21(23(28)30-22)12-14-4-3-5-16(10-14)29-13-15-8-9-19(25)20(26)11-15/h1-12H,13H2/b21-12-. The minimum Gasteiger partial charge on any atom is -0.489 e. The van der Waals surface area contributed by atoms with Gasteiger partial charge in [0.05, 0.1) is 15.6 Å². The Kier molecular flexibility index (Phi) is 6.23. The van der Waals surface area contributed by atoms with E-state index in [4.69, 9.17) is 32.7 Å². The molecule has 0 aliphatic carbocycles. The predicted octanol–water partition coefficient (Wildman–Crippen LogP) is 6.68. The minimum atomic E-state index is -0.497. The lowest BCUT2D eigenvalue weighted by Gasteiger charge is -2.08. The van der Waals surface area contributed by atoms with Crippen molar-refractivity contribution in [3.05, 3.63) is 104 Å². The van der Waals surface area contributed by atoms with Crippen molar-refractivity contribution in [1.82, 2.24) is 0 Å². The predicted molar refractivity (Wildman–Crippen MR) is 122 cm³/mol. The molecule has 1 heterocycles. The van der Waals surface area contributed by atoms with Gasteiger partial charge in [0, 0.05) is 4.47 Å². The van der Waals surface area contributed by atoms with Crippen molar-refractivity contribution in [2.45, 2.75) is 6.61 Å². The van der Waals surface area contributed by atoms with E-state index in [1.165, 1.54) is 0 Å². The van der Waals surface area contributed by atoms with E-state index in [2.05, 4.69) is 20.9 Å². The summed E-state index contributed by atoms with van der Waals surface area (Å²) in [6.07, 6.45) is 1.66. The van der Waals surface area contributed by atoms with Crippen LogP contribution in [0.3, 0.4) is 0 Å². The topological polar surface area (TPSA) is 47.9 Å². The molecule has 0 saturated carbocycles. The van der Waals surface area contributed by atoms with E-state index in [0.29, 0.717) is 28.0 Å². The lowest BCUT2D eigenvalue weighted by atomic mass is 10.2. The molecule has 0 bridgehead atoms. The Bertz CT molecular complexity index is 1190. The summed E-state index contributed by atoms with van der Waals surface area (Å²) in [5.74, 6) is 0.422. The molecule has 0 radical (unpaired) electrons. The van der Waals surface area contributed by atoms with E-state index in [0.717, 1.165) is 15.6 Å². The third-order valence-electron chi connectivity index (χ3n) is 4.28. The molecule has 0 spiro atoms. The summed E-state index contributed by atoms with van der Waals surface area (Å²) in [5, 5.41) is 0.981. The lowest BCUT2D eigenvalue weighted by Crippen LogP contribution is -2.05. The van der Waals surface area contributed by atoms with Gasteiger partial charge in [-0.2, -0.15) is 0 Å². The zero-order valence-corrected chi connectivity index (χ0v) is 18.5. The van der Waals surface area contributed by atoms with Gasteiger partial charge in [-0.3, -0.25) is 0 Å². The molecule has 0 amide bonds. The van der Waals surface area contributed by atoms with Crippen LogP contribution in [0.4, 0.5) is 0 Å². The Balaban J connectivity index is 1.52. The number of aliphatic imine (C=N–C) groups is 1. The quantitative estimate of drug-likeness (QED) is 0.289. The molecule has 30 heavy (non-hydrogen) atoms. The van der Waals surface area contributed by atoms with Crippen molar-refractivity contribution in [3.8, 4) is 5.75 Å². The molecule has 0 N–H and O–H groups in total. The van der Waals surface area contributed by atoms with E-state index in [-0.39, 0.29) is 11.6 Å². The van der Waals surface area contributed by atoms with E-state index < -0.39 is 5.97 Å². The lowest BCUT2D eigenvalue weighted by molar-refractivity contribution is -0.129. The first-order valence-electron chi connectivity index (χ1n) is 8.94. The van der Waals surface area contributed by atoms with Crippen LogP contribution in [0.2, 0.25) is 10.0 Å². The maximum atomic E-state index is 12.3. The summed E-state index contributed by atoms with van der Waals surface area (Å²) in [7, 11) is 0. The number of halogens is 3. The normalized spacial score (nSPS) is 14.6. The average molecular weight is 503 g/mol. The van der Waals surface area contributed by atoms with Crippen LogP contribution in [0.5, 0.6) is 5.75 Å². The molecular formula is C23H14BrCl2NO3. The smallest absolute Gasteiger partial charge is 0.363 e. The highest BCUT2D eigenvalue weighted by atomic mass is 79.9. The molecule has 7 heteroatoms. The van der Waals surface area contributed by atoms with Crippen LogP contribution in [-0.2, 0) is 16.1 Å². The first-order chi connectivity index (χ1) is 14.5. The van der Waals surface area contributed by atoms with Crippen LogP contribution in [-0.4, -0.2) is 11.9 Å². The molecular weight excluding hydrogens is 489 g/mol. The number of esters is 1. The first-order valence-corrected chi connectivity index (χ1v) is 10.5. The molecule has 4 rings (SSSR count). The highest BCUT2D eigenvalue weighted by molar-refractivity contribution is 9.10. The first kappa shape index (κ1) is 20.7. The Morgan fingerprint density at radius 3 is 2.63 bits per heavy atom. The third kappa shape index (κ3) is 4.75. The van der Waals surface area contributed by atoms with Crippen LogP contribution in [0, 0.1) is 0 Å². The van der Waals surface area contributed by atoms with E-state index in [1.54, 1.807) is 18.2 Å². The van der Waals surface area contributed by atoms with E-state index >= 15 is 0 Å². The zero-order chi connectivity index (χ0) is 21.1. The van der Waals surface area contributed by atoms with Crippen molar-refractivity contribution >= 4 is 57.1 Å². The van der Waals surface area contributed by atoms with Crippen molar-refractivity contribution in [2.75, 3.05) is 0 Å². The van der Waals surface area contributed by atoms with Crippen molar-refractivity contribution in [2.24, 2.45) is 4.99 Å². The summed E-state index contributed by atoms with van der Waals surface area (Å²) >= 11 is 15.4. The van der Waals surface area contributed by atoms with Crippen LogP contribution in [0.25, 0.3) is 6.08 Å². The van der Waals surface area contributed by atoms with Crippen LogP contribution in [0.15, 0.2) is 81.9 Å². The molecule has 4 nitrogen and oxygen atoms in total. The van der Waals surface area contributed by atoms with Gasteiger partial charge in [0.2, 0.25) is 5.90 Å². The number of carbonyl (C=O) groups excluding carboxylic acids is 1. The largest absolute Gasteiger partial charge is 0.489 e. The number of benzene rings is 3. The van der Waals surface area contributed by atoms with Gasteiger partial charge in [-0.1, -0.05) is 53.5 Å². The van der Waals surface area contributed by atoms with Gasteiger partial charge >= 0.3 is 5.97 Å². The second kappa shape index (κ2) is 9.04. The summed E-state index contributed by atoms with van der Waals surface area (Å²) in [4.78, 5) is 16.6. The van der Waals surface area contributed by atoms with Crippen LogP contribution >= 0.6 is 39.1 Å². The molecule has 1 aliphatic heterocycles. The van der Waals surface area contributed by atoms with Crippen molar-refractivity contribution in [3.63, 3.8) is 0 Å². The molecule has 0 atom stereocenters. The Labute approximate surface area is 191 Å². The maximum Gasteiger partial charge on any atom is 0.363 e. The highest BCUT2D eigenvalue weighted by Gasteiger charge is 2.25. The number of nitrogens with zero attached hydrogens (tertiary/aromatic N) is 1. The van der Waals surface area contributed by atoms with Crippen molar-refractivity contribution in [1.29, 1.82) is 0 Å². The van der Waals surface area contributed by atoms with Crippen LogP contribution < -0.4 is 4.74 Å². The zero-order valence-electron chi connectivity index (χ0n) is 15.4. The number of hydrogen-bond donors (Lipinski definition) is 0. The molecule has 0 aromatic heterocycles. The van der Waals surface area contributed by atoms with E-state index in [9.17, 15) is 4.79 Å². The monoisotopic (exact) mass is 501 g/mol. The fraction of sp³-hybridized carbons (Fsp3) is 0.0435.